The number of rotatable bonds is 7. The monoisotopic (exact) mass is 387 g/mol. The first kappa shape index (κ1) is 19.4. The fraction of sp³-hybridized carbons (Fsp3) is 0.360. The highest BCUT2D eigenvalue weighted by molar-refractivity contribution is 5.94. The molecule has 0 atom stereocenters. The summed E-state index contributed by atoms with van der Waals surface area (Å²) in [6.45, 7) is 1.38. The number of nitrogens with zero attached hydrogens (tertiary/aromatic N) is 2. The zero-order valence-electron chi connectivity index (χ0n) is 16.9. The van der Waals surface area contributed by atoms with Crippen LogP contribution < -0.4 is 5.32 Å². The fourth-order valence-electron chi connectivity index (χ4n) is 4.22. The highest BCUT2D eigenvalue weighted by Gasteiger charge is 2.16. The molecule has 1 amide bonds. The average molecular weight is 388 g/mol. The Kier molecular flexibility index (Phi) is 6.40. The van der Waals surface area contributed by atoms with Gasteiger partial charge in [-0.05, 0) is 42.0 Å². The summed E-state index contributed by atoms with van der Waals surface area (Å²) in [5, 5.41) is 3.04. The molecule has 0 aliphatic heterocycles. The van der Waals surface area contributed by atoms with Crippen LogP contribution in [0.5, 0.6) is 0 Å². The van der Waals surface area contributed by atoms with Crippen LogP contribution >= 0.6 is 0 Å². The summed E-state index contributed by atoms with van der Waals surface area (Å²) in [6, 6.07) is 18.6. The van der Waals surface area contributed by atoms with E-state index in [1.165, 1.54) is 43.2 Å². The lowest BCUT2D eigenvalue weighted by atomic mass is 9.84. The molecule has 0 bridgehead atoms. The first-order chi connectivity index (χ1) is 14.3. The number of aromatic nitrogens is 2. The van der Waals surface area contributed by atoms with Crippen molar-refractivity contribution in [1.29, 1.82) is 0 Å². The standard InChI is InChI=1S/C25H29N3O/c29-25(23-13-11-22(12-14-23)21-9-5-2-6-10-21)27-16-15-24-26-17-18-28(24)19-20-7-3-1-4-8-20/h1,3-4,7-8,11-14,17-18,21H,2,5-6,9-10,15-16,19H2,(H,27,29). The topological polar surface area (TPSA) is 46.9 Å². The van der Waals surface area contributed by atoms with Crippen LogP contribution in [0.1, 0.15) is 65.3 Å². The van der Waals surface area contributed by atoms with Gasteiger partial charge in [-0.15, -0.1) is 0 Å². The summed E-state index contributed by atoms with van der Waals surface area (Å²) < 4.78 is 2.14. The highest BCUT2D eigenvalue weighted by atomic mass is 16.1. The van der Waals surface area contributed by atoms with E-state index in [1.54, 1.807) is 0 Å². The summed E-state index contributed by atoms with van der Waals surface area (Å²) in [5.41, 5.74) is 3.36. The lowest BCUT2D eigenvalue weighted by Gasteiger charge is -2.22. The van der Waals surface area contributed by atoms with Crippen molar-refractivity contribution >= 4 is 5.91 Å². The third-order valence-electron chi connectivity index (χ3n) is 5.88. The van der Waals surface area contributed by atoms with Gasteiger partial charge in [0.25, 0.3) is 5.91 Å². The van der Waals surface area contributed by atoms with E-state index < -0.39 is 0 Å². The van der Waals surface area contributed by atoms with Crippen molar-refractivity contribution in [3.05, 3.63) is 89.5 Å². The Balaban J connectivity index is 1.29. The van der Waals surface area contributed by atoms with E-state index in [-0.39, 0.29) is 5.91 Å². The summed E-state index contributed by atoms with van der Waals surface area (Å²) in [5.74, 6) is 1.65. The lowest BCUT2D eigenvalue weighted by molar-refractivity contribution is 0.0954. The molecule has 0 unspecified atom stereocenters. The molecule has 1 heterocycles. The Labute approximate surface area is 173 Å². The average Bonchev–Trinajstić information content (AvgIpc) is 3.22. The molecular formula is C25H29N3O. The molecule has 4 heteroatoms. The highest BCUT2D eigenvalue weighted by Crippen LogP contribution is 2.32. The van der Waals surface area contributed by atoms with Gasteiger partial charge in [0.05, 0.1) is 0 Å². The molecule has 1 aliphatic carbocycles. The molecule has 29 heavy (non-hydrogen) atoms. The van der Waals surface area contributed by atoms with E-state index in [1.807, 2.05) is 42.7 Å². The summed E-state index contributed by atoms with van der Waals surface area (Å²) >= 11 is 0. The van der Waals surface area contributed by atoms with Crippen LogP contribution in [0.25, 0.3) is 0 Å². The van der Waals surface area contributed by atoms with Crippen LogP contribution in [0.4, 0.5) is 0 Å². The van der Waals surface area contributed by atoms with E-state index in [9.17, 15) is 4.79 Å². The lowest BCUT2D eigenvalue weighted by Crippen LogP contribution is -2.26. The summed E-state index contributed by atoms with van der Waals surface area (Å²) in [6.07, 6.45) is 11.1. The third-order valence-corrected chi connectivity index (χ3v) is 5.88. The number of hydrogen-bond acceptors (Lipinski definition) is 2. The number of nitrogens with one attached hydrogen (secondary N) is 1. The second kappa shape index (κ2) is 9.55. The van der Waals surface area contributed by atoms with Crippen LogP contribution in [0, 0.1) is 0 Å². The van der Waals surface area contributed by atoms with E-state index >= 15 is 0 Å². The number of amides is 1. The molecular weight excluding hydrogens is 358 g/mol. The fourth-order valence-corrected chi connectivity index (χ4v) is 4.22. The first-order valence-corrected chi connectivity index (χ1v) is 10.7. The third kappa shape index (κ3) is 5.14. The smallest absolute Gasteiger partial charge is 0.251 e. The summed E-state index contributed by atoms with van der Waals surface area (Å²) in [7, 11) is 0. The maximum Gasteiger partial charge on any atom is 0.251 e. The molecule has 0 spiro atoms. The van der Waals surface area contributed by atoms with Crippen molar-refractivity contribution in [2.45, 2.75) is 51.0 Å². The predicted octanol–water partition coefficient (Wildman–Crippen LogP) is 4.95. The zero-order valence-corrected chi connectivity index (χ0v) is 16.9. The van der Waals surface area contributed by atoms with Crippen molar-refractivity contribution in [3.8, 4) is 0 Å². The van der Waals surface area contributed by atoms with E-state index in [0.717, 1.165) is 17.9 Å². The Morgan fingerprint density at radius 3 is 2.52 bits per heavy atom. The Morgan fingerprint density at radius 1 is 1.00 bits per heavy atom. The Bertz CT molecular complexity index is 909. The van der Waals surface area contributed by atoms with Gasteiger partial charge >= 0.3 is 0 Å². The van der Waals surface area contributed by atoms with Crippen LogP contribution in [0.15, 0.2) is 67.0 Å². The van der Waals surface area contributed by atoms with Crippen molar-refractivity contribution in [2.75, 3.05) is 6.54 Å². The summed E-state index contributed by atoms with van der Waals surface area (Å²) in [4.78, 5) is 17.0. The van der Waals surface area contributed by atoms with E-state index in [2.05, 4.69) is 39.1 Å². The molecule has 1 saturated carbocycles. The molecule has 0 radical (unpaired) electrons. The molecule has 1 aromatic heterocycles. The van der Waals surface area contributed by atoms with Crippen LogP contribution in [-0.2, 0) is 13.0 Å². The van der Waals surface area contributed by atoms with Gasteiger partial charge in [0, 0.05) is 37.5 Å². The SMILES string of the molecule is O=C(NCCc1nccn1Cc1ccccc1)c1ccc(C2CCCCC2)cc1. The Morgan fingerprint density at radius 2 is 1.76 bits per heavy atom. The first-order valence-electron chi connectivity index (χ1n) is 10.7. The molecule has 1 fully saturated rings. The molecule has 4 rings (SSSR count). The van der Waals surface area contributed by atoms with Gasteiger partial charge in [-0.2, -0.15) is 0 Å². The molecule has 2 aromatic carbocycles. The molecule has 4 nitrogen and oxygen atoms in total. The molecule has 3 aromatic rings. The van der Waals surface area contributed by atoms with Crippen LogP contribution in [-0.4, -0.2) is 22.0 Å². The van der Waals surface area contributed by atoms with Crippen LogP contribution in [0.2, 0.25) is 0 Å². The maximum absolute atomic E-state index is 12.5. The second-order valence-electron chi connectivity index (χ2n) is 7.92. The predicted molar refractivity (Wildman–Crippen MR) is 116 cm³/mol. The number of carbonyl (C=O) groups excluding carboxylic acids is 1. The molecule has 0 saturated heterocycles. The number of carbonyl (C=O) groups is 1. The normalized spacial score (nSPS) is 14.6. The van der Waals surface area contributed by atoms with Gasteiger partial charge in [0.15, 0.2) is 0 Å². The van der Waals surface area contributed by atoms with Crippen molar-refractivity contribution in [1.82, 2.24) is 14.9 Å². The number of hydrogen-bond donors (Lipinski definition) is 1. The molecule has 1 N–H and O–H groups in total. The quantitative estimate of drug-likeness (QED) is 0.623. The minimum absolute atomic E-state index is 0.0126. The minimum atomic E-state index is -0.0126. The van der Waals surface area contributed by atoms with Gasteiger partial charge in [-0.25, -0.2) is 4.98 Å². The van der Waals surface area contributed by atoms with Gasteiger partial charge < -0.3 is 9.88 Å². The van der Waals surface area contributed by atoms with Gasteiger partial charge in [0.2, 0.25) is 0 Å². The van der Waals surface area contributed by atoms with Gasteiger partial charge in [-0.1, -0.05) is 61.7 Å². The van der Waals surface area contributed by atoms with Crippen molar-refractivity contribution < 1.29 is 4.79 Å². The second-order valence-corrected chi connectivity index (χ2v) is 7.92. The zero-order chi connectivity index (χ0) is 19.9. The molecule has 1 aliphatic rings. The van der Waals surface area contributed by atoms with Crippen molar-refractivity contribution in [2.24, 2.45) is 0 Å². The minimum Gasteiger partial charge on any atom is -0.352 e. The van der Waals surface area contributed by atoms with E-state index in [0.29, 0.717) is 18.9 Å². The van der Waals surface area contributed by atoms with Crippen LogP contribution in [0.3, 0.4) is 0 Å². The largest absolute Gasteiger partial charge is 0.352 e. The van der Waals surface area contributed by atoms with E-state index in [4.69, 9.17) is 0 Å². The van der Waals surface area contributed by atoms with Crippen molar-refractivity contribution in [3.63, 3.8) is 0 Å². The number of imidazole rings is 1. The molecule has 150 valence electrons. The van der Waals surface area contributed by atoms with Gasteiger partial charge in [-0.3, -0.25) is 4.79 Å². The van der Waals surface area contributed by atoms with Gasteiger partial charge in [0.1, 0.15) is 5.82 Å². The Hall–Kier alpha value is -2.88. The number of benzene rings is 2. The maximum atomic E-state index is 12.5.